The van der Waals surface area contributed by atoms with Gasteiger partial charge in [0.2, 0.25) is 5.91 Å². The van der Waals surface area contributed by atoms with Gasteiger partial charge in [0.1, 0.15) is 5.76 Å². The largest absolute Gasteiger partial charge is 0.360 e. The van der Waals surface area contributed by atoms with Crippen molar-refractivity contribution in [3.8, 4) is 0 Å². The predicted octanol–water partition coefficient (Wildman–Crippen LogP) is 1.80. The molecule has 0 spiro atoms. The van der Waals surface area contributed by atoms with E-state index < -0.39 is 0 Å². The first kappa shape index (κ1) is 12.9. The first-order valence-electron chi connectivity index (χ1n) is 6.76. The minimum absolute atomic E-state index is 0.0647. The van der Waals surface area contributed by atoms with Gasteiger partial charge in [-0.25, -0.2) is 0 Å². The van der Waals surface area contributed by atoms with Crippen LogP contribution in [0.5, 0.6) is 0 Å². The molecule has 1 amide bonds. The monoisotopic (exact) mass is 274 g/mol. The summed E-state index contributed by atoms with van der Waals surface area (Å²) in [6, 6.07) is 6.11. The van der Waals surface area contributed by atoms with E-state index in [-0.39, 0.29) is 11.9 Å². The minimum atomic E-state index is -0.0647. The molecule has 1 N–H and O–H groups in total. The number of anilines is 1. The van der Waals surface area contributed by atoms with Crippen molar-refractivity contribution in [2.75, 3.05) is 18.4 Å². The molecule has 1 aliphatic heterocycles. The molecule has 1 aliphatic rings. The maximum atomic E-state index is 12.0. The molecule has 2 aromatic heterocycles. The number of nitrogens with zero attached hydrogens (tertiary/aromatic N) is 3. The topological polar surface area (TPSA) is 63.3 Å². The summed E-state index contributed by atoms with van der Waals surface area (Å²) < 4.78 is 7.17. The molecule has 3 rings (SSSR count). The van der Waals surface area contributed by atoms with Crippen LogP contribution in [0.2, 0.25) is 0 Å². The number of nitrogens with one attached hydrogen (secondary N) is 1. The third kappa shape index (κ3) is 2.46. The van der Waals surface area contributed by atoms with Crippen LogP contribution in [0.3, 0.4) is 0 Å². The Morgan fingerprint density at radius 1 is 1.55 bits per heavy atom. The first-order valence-corrected chi connectivity index (χ1v) is 6.76. The van der Waals surface area contributed by atoms with Crippen LogP contribution in [0.1, 0.15) is 24.4 Å². The zero-order chi connectivity index (χ0) is 14.1. The van der Waals surface area contributed by atoms with E-state index in [1.165, 1.54) is 5.69 Å². The van der Waals surface area contributed by atoms with Gasteiger partial charge in [0.15, 0.2) is 5.82 Å². The van der Waals surface area contributed by atoms with Gasteiger partial charge in [-0.2, -0.15) is 0 Å². The van der Waals surface area contributed by atoms with Crippen LogP contribution in [0.25, 0.3) is 0 Å². The second kappa shape index (κ2) is 5.13. The molecule has 2 aromatic rings. The lowest BCUT2D eigenvalue weighted by atomic mass is 10.1. The molecule has 0 saturated heterocycles. The molecule has 0 fully saturated rings. The Morgan fingerprint density at radius 3 is 3.15 bits per heavy atom. The number of carbonyl (C=O) groups excluding carboxylic acids is 1. The molecule has 20 heavy (non-hydrogen) atoms. The maximum Gasteiger partial charge on any atom is 0.239 e. The van der Waals surface area contributed by atoms with Crippen molar-refractivity contribution in [2.24, 2.45) is 0 Å². The van der Waals surface area contributed by atoms with Crippen LogP contribution in [0.15, 0.2) is 28.9 Å². The highest BCUT2D eigenvalue weighted by atomic mass is 16.5. The van der Waals surface area contributed by atoms with Gasteiger partial charge in [-0.15, -0.1) is 0 Å². The van der Waals surface area contributed by atoms with Crippen LogP contribution >= 0.6 is 0 Å². The van der Waals surface area contributed by atoms with Crippen molar-refractivity contribution in [3.63, 3.8) is 0 Å². The summed E-state index contributed by atoms with van der Waals surface area (Å²) in [5, 5.41) is 6.52. The fourth-order valence-electron chi connectivity index (χ4n) is 2.64. The Hall–Kier alpha value is -2.08. The molecule has 1 unspecified atom stereocenters. The zero-order valence-electron chi connectivity index (χ0n) is 11.7. The number of aryl methyl sites for hydroxylation is 1. The number of hydrogen-bond donors (Lipinski definition) is 1. The van der Waals surface area contributed by atoms with E-state index >= 15 is 0 Å². The number of carbonyl (C=O) groups is 1. The van der Waals surface area contributed by atoms with E-state index in [1.807, 2.05) is 6.07 Å². The molecular formula is C14H18N4O2. The van der Waals surface area contributed by atoms with E-state index in [4.69, 9.17) is 4.52 Å². The molecule has 0 aromatic carbocycles. The summed E-state index contributed by atoms with van der Waals surface area (Å²) in [7, 11) is 0. The fourth-order valence-corrected chi connectivity index (χ4v) is 2.64. The Bertz CT molecular complexity index is 616. The number of amides is 1. The highest BCUT2D eigenvalue weighted by Gasteiger charge is 2.25. The molecule has 3 heterocycles. The van der Waals surface area contributed by atoms with Gasteiger partial charge < -0.3 is 14.4 Å². The summed E-state index contributed by atoms with van der Waals surface area (Å²) in [4.78, 5) is 14.2. The quantitative estimate of drug-likeness (QED) is 0.927. The number of rotatable bonds is 3. The molecule has 6 heteroatoms. The first-order chi connectivity index (χ1) is 9.63. The molecule has 106 valence electrons. The number of hydrogen-bond acceptors (Lipinski definition) is 4. The minimum Gasteiger partial charge on any atom is -0.360 e. The lowest BCUT2D eigenvalue weighted by molar-refractivity contribution is -0.118. The van der Waals surface area contributed by atoms with E-state index in [0.29, 0.717) is 18.1 Å². The van der Waals surface area contributed by atoms with Gasteiger partial charge in [0, 0.05) is 37.1 Å². The highest BCUT2D eigenvalue weighted by Crippen LogP contribution is 2.24. The van der Waals surface area contributed by atoms with Crippen molar-refractivity contribution in [2.45, 2.75) is 26.4 Å². The summed E-state index contributed by atoms with van der Waals surface area (Å²) in [5.41, 5.74) is 1.25. The van der Waals surface area contributed by atoms with Gasteiger partial charge >= 0.3 is 0 Å². The van der Waals surface area contributed by atoms with E-state index in [1.54, 1.807) is 13.0 Å². The lowest BCUT2D eigenvalue weighted by Crippen LogP contribution is -2.41. The number of aromatic nitrogens is 2. The fraction of sp³-hybridized carbons (Fsp3) is 0.429. The van der Waals surface area contributed by atoms with Gasteiger partial charge in [-0.05, 0) is 26.0 Å². The highest BCUT2D eigenvalue weighted by molar-refractivity contribution is 5.91. The molecule has 6 nitrogen and oxygen atoms in total. The summed E-state index contributed by atoms with van der Waals surface area (Å²) >= 11 is 0. The molecule has 0 saturated carbocycles. The van der Waals surface area contributed by atoms with Crippen molar-refractivity contribution < 1.29 is 9.32 Å². The SMILES string of the molecule is Cc1cc(NC(=O)CN2CCn3cccc3C2C)no1. The van der Waals surface area contributed by atoms with Crippen LogP contribution in [0.4, 0.5) is 5.82 Å². The van der Waals surface area contributed by atoms with E-state index in [9.17, 15) is 4.79 Å². The average Bonchev–Trinajstić information content (AvgIpc) is 3.02. The van der Waals surface area contributed by atoms with E-state index in [2.05, 4.69) is 39.1 Å². The lowest BCUT2D eigenvalue weighted by Gasteiger charge is -2.34. The summed E-state index contributed by atoms with van der Waals surface area (Å²) in [6.07, 6.45) is 2.08. The molecule has 1 atom stereocenters. The predicted molar refractivity (Wildman–Crippen MR) is 74.3 cm³/mol. The second-order valence-electron chi connectivity index (χ2n) is 5.14. The van der Waals surface area contributed by atoms with Crippen LogP contribution in [0, 0.1) is 6.92 Å². The second-order valence-corrected chi connectivity index (χ2v) is 5.14. The third-order valence-electron chi connectivity index (χ3n) is 3.71. The zero-order valence-corrected chi connectivity index (χ0v) is 11.7. The average molecular weight is 274 g/mol. The number of fused-ring (bicyclic) bond motifs is 1. The Balaban J connectivity index is 1.62. The normalized spacial score (nSPS) is 18.8. The van der Waals surface area contributed by atoms with Crippen molar-refractivity contribution in [1.82, 2.24) is 14.6 Å². The third-order valence-corrected chi connectivity index (χ3v) is 3.71. The van der Waals surface area contributed by atoms with Gasteiger partial charge in [-0.1, -0.05) is 5.16 Å². The van der Waals surface area contributed by atoms with Gasteiger partial charge in [-0.3, -0.25) is 9.69 Å². The van der Waals surface area contributed by atoms with E-state index in [0.717, 1.165) is 13.1 Å². The summed E-state index contributed by atoms with van der Waals surface area (Å²) in [5.74, 6) is 1.09. The van der Waals surface area contributed by atoms with Crippen LogP contribution < -0.4 is 5.32 Å². The Morgan fingerprint density at radius 2 is 2.40 bits per heavy atom. The van der Waals surface area contributed by atoms with Crippen molar-refractivity contribution in [3.05, 3.63) is 35.9 Å². The van der Waals surface area contributed by atoms with Crippen LogP contribution in [-0.2, 0) is 11.3 Å². The summed E-state index contributed by atoms with van der Waals surface area (Å²) in [6.45, 7) is 6.07. The molecular weight excluding hydrogens is 256 g/mol. The Labute approximate surface area is 117 Å². The molecule has 0 radical (unpaired) electrons. The smallest absolute Gasteiger partial charge is 0.239 e. The Kier molecular flexibility index (Phi) is 3.31. The van der Waals surface area contributed by atoms with Gasteiger partial charge in [0.05, 0.1) is 6.54 Å². The van der Waals surface area contributed by atoms with Crippen molar-refractivity contribution in [1.29, 1.82) is 0 Å². The van der Waals surface area contributed by atoms with Gasteiger partial charge in [0.25, 0.3) is 0 Å². The molecule has 0 aliphatic carbocycles. The molecule has 0 bridgehead atoms. The van der Waals surface area contributed by atoms with Crippen molar-refractivity contribution >= 4 is 11.7 Å². The maximum absolute atomic E-state index is 12.0. The van der Waals surface area contributed by atoms with Crippen LogP contribution in [-0.4, -0.2) is 33.6 Å². The standard InChI is InChI=1S/C14H18N4O2/c1-10-8-13(16-20-10)15-14(19)9-18-7-6-17-5-3-4-12(17)11(18)2/h3-5,8,11H,6-7,9H2,1-2H3,(H,15,16,19).